The Labute approximate surface area is 92.6 Å². The van der Waals surface area contributed by atoms with Crippen LogP contribution < -0.4 is 10.6 Å². The Kier molecular flexibility index (Phi) is 4.63. The van der Waals surface area contributed by atoms with E-state index in [2.05, 4.69) is 10.6 Å². The van der Waals surface area contributed by atoms with Gasteiger partial charge in [-0.2, -0.15) is 0 Å². The fourth-order valence-electron chi connectivity index (χ4n) is 1.06. The summed E-state index contributed by atoms with van der Waals surface area (Å²) in [5.74, 6) is -0.301. The topological polar surface area (TPSA) is 58.2 Å². The zero-order valence-electron chi connectivity index (χ0n) is 8.00. The van der Waals surface area contributed by atoms with Crippen molar-refractivity contribution in [3.8, 4) is 0 Å². The molecule has 0 aliphatic heterocycles. The summed E-state index contributed by atoms with van der Waals surface area (Å²) in [4.78, 5) is 21.0. The first-order valence-corrected chi connectivity index (χ1v) is 4.91. The van der Waals surface area contributed by atoms with Gasteiger partial charge < -0.3 is 10.6 Å². The molecule has 0 saturated carbocycles. The maximum Gasteiger partial charge on any atom is 0.239 e. The summed E-state index contributed by atoms with van der Waals surface area (Å²) in [5.41, 5.74) is 1.65. The summed E-state index contributed by atoms with van der Waals surface area (Å²) in [6.07, 6.45) is 0.642. The molecule has 0 radical (unpaired) electrons. The van der Waals surface area contributed by atoms with E-state index in [9.17, 15) is 9.59 Å². The molecule has 0 aliphatic rings. The van der Waals surface area contributed by atoms with Crippen molar-refractivity contribution >= 4 is 29.6 Å². The number of nitrogens with one attached hydrogen (secondary N) is 2. The van der Waals surface area contributed by atoms with Gasteiger partial charge in [-0.05, 0) is 17.7 Å². The highest BCUT2D eigenvalue weighted by Gasteiger charge is 1.99. The maximum absolute atomic E-state index is 10.9. The van der Waals surface area contributed by atoms with Gasteiger partial charge in [0.15, 0.2) is 0 Å². The van der Waals surface area contributed by atoms with Gasteiger partial charge in [-0.25, -0.2) is 0 Å². The van der Waals surface area contributed by atoms with Crippen LogP contribution in [0.1, 0.15) is 5.56 Å². The fourth-order valence-corrected chi connectivity index (χ4v) is 1.13. The normalized spacial score (nSPS) is 9.40. The Morgan fingerprint density at radius 1 is 1.33 bits per heavy atom. The second-order valence-corrected chi connectivity index (χ2v) is 3.14. The van der Waals surface area contributed by atoms with Gasteiger partial charge >= 0.3 is 0 Å². The van der Waals surface area contributed by atoms with Gasteiger partial charge in [0, 0.05) is 12.2 Å². The Morgan fingerprint density at radius 2 is 2.00 bits per heavy atom. The van der Waals surface area contributed by atoms with Gasteiger partial charge in [-0.15, -0.1) is 11.6 Å². The third-order valence-corrected chi connectivity index (χ3v) is 1.99. The molecule has 0 atom stereocenters. The molecule has 4 nitrogen and oxygen atoms in total. The molecule has 0 spiro atoms. The predicted octanol–water partition coefficient (Wildman–Crippen LogP) is 1.11. The summed E-state index contributed by atoms with van der Waals surface area (Å²) >= 11 is 5.34. The summed E-state index contributed by atoms with van der Waals surface area (Å²) < 4.78 is 0. The first-order valence-electron chi connectivity index (χ1n) is 4.38. The first kappa shape index (κ1) is 11.5. The highest BCUT2D eigenvalue weighted by molar-refractivity contribution is 6.29. The van der Waals surface area contributed by atoms with Crippen LogP contribution in [-0.2, 0) is 16.1 Å². The van der Waals surface area contributed by atoms with E-state index in [1.165, 1.54) is 0 Å². The minimum Gasteiger partial charge on any atom is -0.355 e. The van der Waals surface area contributed by atoms with E-state index >= 15 is 0 Å². The molecule has 1 rings (SSSR count). The molecule has 1 aromatic rings. The fraction of sp³-hybridized carbons (Fsp3) is 0.200. The van der Waals surface area contributed by atoms with Crippen molar-refractivity contribution in [2.24, 2.45) is 0 Å². The van der Waals surface area contributed by atoms with Crippen LogP contribution in [0.2, 0.25) is 0 Å². The molecule has 1 aromatic carbocycles. The van der Waals surface area contributed by atoms with Crippen molar-refractivity contribution in [2.45, 2.75) is 6.54 Å². The summed E-state index contributed by atoms with van der Waals surface area (Å²) in [6, 6.07) is 7.15. The van der Waals surface area contributed by atoms with E-state index in [0.29, 0.717) is 18.6 Å². The minimum atomic E-state index is -0.240. The third-order valence-electron chi connectivity index (χ3n) is 1.75. The van der Waals surface area contributed by atoms with Crippen LogP contribution in [0, 0.1) is 0 Å². The smallest absolute Gasteiger partial charge is 0.239 e. The molecule has 15 heavy (non-hydrogen) atoms. The standard InChI is InChI=1S/C10H11ClN2O2/c11-5-10(15)13-9-3-1-8(2-4-9)6-12-7-14/h1-4,7H,5-6H2,(H,12,14)(H,13,15). The zero-order valence-corrected chi connectivity index (χ0v) is 8.75. The average molecular weight is 227 g/mol. The predicted molar refractivity (Wildman–Crippen MR) is 58.7 cm³/mol. The quantitative estimate of drug-likeness (QED) is 0.584. The van der Waals surface area contributed by atoms with Gasteiger partial charge in [0.25, 0.3) is 0 Å². The molecule has 0 saturated heterocycles. The largest absolute Gasteiger partial charge is 0.355 e. The number of carbonyl (C=O) groups excluding carboxylic acids is 2. The number of hydrogen-bond acceptors (Lipinski definition) is 2. The molecule has 0 bridgehead atoms. The van der Waals surface area contributed by atoms with Crippen molar-refractivity contribution in [1.82, 2.24) is 5.32 Å². The second-order valence-electron chi connectivity index (χ2n) is 2.88. The lowest BCUT2D eigenvalue weighted by Crippen LogP contribution is -2.13. The number of amides is 2. The van der Waals surface area contributed by atoms with Gasteiger partial charge in [0.2, 0.25) is 12.3 Å². The van der Waals surface area contributed by atoms with Crippen LogP contribution in [-0.4, -0.2) is 18.2 Å². The summed E-state index contributed by atoms with van der Waals surface area (Å²) in [6.45, 7) is 0.479. The van der Waals surface area contributed by atoms with Crippen LogP contribution in [0.15, 0.2) is 24.3 Å². The van der Waals surface area contributed by atoms with Crippen LogP contribution in [0.25, 0.3) is 0 Å². The zero-order chi connectivity index (χ0) is 11.1. The number of benzene rings is 1. The molecule has 2 amide bonds. The lowest BCUT2D eigenvalue weighted by atomic mass is 10.2. The number of hydrogen-bond donors (Lipinski definition) is 2. The number of rotatable bonds is 5. The maximum atomic E-state index is 10.9. The van der Waals surface area contributed by atoms with Gasteiger partial charge in [-0.1, -0.05) is 12.1 Å². The monoisotopic (exact) mass is 226 g/mol. The van der Waals surface area contributed by atoms with Crippen LogP contribution in [0.4, 0.5) is 5.69 Å². The van der Waals surface area contributed by atoms with Crippen LogP contribution in [0.3, 0.4) is 0 Å². The molecule has 0 heterocycles. The molecule has 0 aromatic heterocycles. The molecule has 0 unspecified atom stereocenters. The van der Waals surface area contributed by atoms with Crippen molar-refractivity contribution in [1.29, 1.82) is 0 Å². The molecule has 80 valence electrons. The van der Waals surface area contributed by atoms with E-state index in [4.69, 9.17) is 11.6 Å². The van der Waals surface area contributed by atoms with Crippen molar-refractivity contribution in [3.05, 3.63) is 29.8 Å². The number of alkyl halides is 1. The van der Waals surface area contributed by atoms with E-state index < -0.39 is 0 Å². The lowest BCUT2D eigenvalue weighted by molar-refractivity contribution is -0.114. The van der Waals surface area contributed by atoms with Crippen molar-refractivity contribution in [3.63, 3.8) is 0 Å². The van der Waals surface area contributed by atoms with E-state index in [-0.39, 0.29) is 11.8 Å². The number of anilines is 1. The average Bonchev–Trinajstić information content (AvgIpc) is 2.28. The lowest BCUT2D eigenvalue weighted by Gasteiger charge is -2.04. The number of carbonyl (C=O) groups is 2. The Morgan fingerprint density at radius 3 is 2.53 bits per heavy atom. The Hall–Kier alpha value is -1.55. The third kappa shape index (κ3) is 3.99. The summed E-state index contributed by atoms with van der Waals surface area (Å²) in [7, 11) is 0. The SMILES string of the molecule is O=CNCc1ccc(NC(=O)CCl)cc1. The van der Waals surface area contributed by atoms with Crippen molar-refractivity contribution < 1.29 is 9.59 Å². The molecular formula is C10H11ClN2O2. The van der Waals surface area contributed by atoms with E-state index in [1.54, 1.807) is 12.1 Å². The van der Waals surface area contributed by atoms with Crippen LogP contribution in [0.5, 0.6) is 0 Å². The molecule has 2 N–H and O–H groups in total. The second kappa shape index (κ2) is 6.03. The van der Waals surface area contributed by atoms with Gasteiger partial charge in [0.1, 0.15) is 5.88 Å². The van der Waals surface area contributed by atoms with Gasteiger partial charge in [0.05, 0.1) is 0 Å². The molecule has 0 fully saturated rings. The van der Waals surface area contributed by atoms with Gasteiger partial charge in [-0.3, -0.25) is 9.59 Å². The van der Waals surface area contributed by atoms with Crippen LogP contribution >= 0.6 is 11.6 Å². The molecule has 0 aliphatic carbocycles. The van der Waals surface area contributed by atoms with E-state index in [0.717, 1.165) is 5.56 Å². The highest BCUT2D eigenvalue weighted by atomic mass is 35.5. The highest BCUT2D eigenvalue weighted by Crippen LogP contribution is 2.09. The number of halogens is 1. The molecular weight excluding hydrogens is 216 g/mol. The van der Waals surface area contributed by atoms with Crippen molar-refractivity contribution in [2.75, 3.05) is 11.2 Å². The first-order chi connectivity index (χ1) is 7.26. The van der Waals surface area contributed by atoms with E-state index in [1.807, 2.05) is 12.1 Å². The molecule has 5 heteroatoms. The summed E-state index contributed by atoms with van der Waals surface area (Å²) in [5, 5.41) is 5.16. The Bertz CT molecular complexity index is 338. The minimum absolute atomic E-state index is 0.0611. The Balaban J connectivity index is 2.55.